The third kappa shape index (κ3) is 5.66. The van der Waals surface area contributed by atoms with E-state index in [0.29, 0.717) is 24.6 Å². The second-order valence-electron chi connectivity index (χ2n) is 7.20. The van der Waals surface area contributed by atoms with Crippen LogP contribution in [-0.2, 0) is 11.0 Å². The monoisotopic (exact) mass is 467 g/mol. The highest BCUT2D eigenvalue weighted by Gasteiger charge is 2.38. The SMILES string of the molecule is CC(C)(C(=O)O)N(C(=S)Nc1ccc(C#N)c(C(F)(F)F)c1)c1ccc(OCC[NH3+])cc1. The first-order chi connectivity index (χ1) is 14.9. The zero-order chi connectivity index (χ0) is 24.1. The first-order valence-corrected chi connectivity index (χ1v) is 9.80. The van der Waals surface area contributed by atoms with Crippen LogP contribution in [0.3, 0.4) is 0 Å². The van der Waals surface area contributed by atoms with E-state index in [0.717, 1.165) is 12.1 Å². The number of hydrogen-bond acceptors (Lipinski definition) is 4. The zero-order valence-corrected chi connectivity index (χ0v) is 18.2. The Labute approximate surface area is 188 Å². The Bertz CT molecular complexity index is 1030. The first-order valence-electron chi connectivity index (χ1n) is 9.40. The van der Waals surface area contributed by atoms with Gasteiger partial charge in [0.15, 0.2) is 5.11 Å². The Morgan fingerprint density at radius 3 is 2.38 bits per heavy atom. The molecular formula is C21H22F3N4O3S+. The minimum atomic E-state index is -4.74. The molecule has 2 aromatic rings. The number of benzene rings is 2. The van der Waals surface area contributed by atoms with Gasteiger partial charge in [0.25, 0.3) is 0 Å². The standard InChI is InChI=1S/C21H21F3N4O3S/c1-20(2,18(29)30)28(15-5-7-16(8-6-15)31-10-9-25)19(32)27-14-4-3-13(12-26)17(11-14)21(22,23)24/h3-8,11H,9-10,25H2,1-2H3,(H,27,32)(H,29,30)/p+1. The predicted molar refractivity (Wildman–Crippen MR) is 116 cm³/mol. The molecule has 0 saturated carbocycles. The maximum atomic E-state index is 13.3. The second kappa shape index (κ2) is 9.84. The number of rotatable bonds is 7. The average Bonchev–Trinajstić information content (AvgIpc) is 2.72. The quantitative estimate of drug-likeness (QED) is 0.536. The van der Waals surface area contributed by atoms with Crippen LogP contribution in [0.25, 0.3) is 0 Å². The van der Waals surface area contributed by atoms with Crippen molar-refractivity contribution in [2.75, 3.05) is 23.4 Å². The summed E-state index contributed by atoms with van der Waals surface area (Å²) in [7, 11) is 0. The summed E-state index contributed by atoms with van der Waals surface area (Å²) >= 11 is 5.37. The molecule has 0 atom stereocenters. The van der Waals surface area contributed by atoms with Gasteiger partial charge in [-0.05, 0) is 68.5 Å². The van der Waals surface area contributed by atoms with Crippen LogP contribution in [0.1, 0.15) is 25.0 Å². The Hall–Kier alpha value is -3.36. The van der Waals surface area contributed by atoms with Gasteiger partial charge in [0.1, 0.15) is 24.4 Å². The molecule has 0 bridgehead atoms. The van der Waals surface area contributed by atoms with Crippen LogP contribution in [0.2, 0.25) is 0 Å². The molecule has 0 saturated heterocycles. The van der Waals surface area contributed by atoms with Crippen molar-refractivity contribution >= 4 is 34.7 Å². The van der Waals surface area contributed by atoms with Crippen molar-refractivity contribution in [3.8, 4) is 11.8 Å². The highest BCUT2D eigenvalue weighted by molar-refractivity contribution is 7.80. The fourth-order valence-electron chi connectivity index (χ4n) is 2.80. The molecule has 0 aliphatic rings. The van der Waals surface area contributed by atoms with Gasteiger partial charge in [0.05, 0.1) is 17.2 Å². The lowest BCUT2D eigenvalue weighted by molar-refractivity contribution is -0.370. The molecule has 5 N–H and O–H groups in total. The summed E-state index contributed by atoms with van der Waals surface area (Å²) < 4.78 is 45.3. The summed E-state index contributed by atoms with van der Waals surface area (Å²) in [6.45, 7) is 3.80. The molecular weight excluding hydrogens is 445 g/mol. The number of thiocarbonyl (C=S) groups is 1. The van der Waals surface area contributed by atoms with Crippen LogP contribution in [0.4, 0.5) is 24.5 Å². The van der Waals surface area contributed by atoms with Crippen molar-refractivity contribution in [3.05, 3.63) is 53.6 Å². The Morgan fingerprint density at radius 1 is 1.25 bits per heavy atom. The Balaban J connectivity index is 2.42. The van der Waals surface area contributed by atoms with Crippen molar-refractivity contribution in [1.82, 2.24) is 0 Å². The molecule has 7 nitrogen and oxygen atoms in total. The van der Waals surface area contributed by atoms with Crippen LogP contribution in [0.5, 0.6) is 5.75 Å². The molecule has 2 rings (SSSR count). The van der Waals surface area contributed by atoms with Crippen molar-refractivity contribution in [2.45, 2.75) is 25.6 Å². The highest BCUT2D eigenvalue weighted by atomic mass is 32.1. The first kappa shape index (κ1) is 24.9. The number of aliphatic carboxylic acids is 1. The third-order valence-corrected chi connectivity index (χ3v) is 4.77. The topological polar surface area (TPSA) is 113 Å². The summed E-state index contributed by atoms with van der Waals surface area (Å²) in [4.78, 5) is 13.2. The van der Waals surface area contributed by atoms with E-state index in [1.54, 1.807) is 24.3 Å². The summed E-state index contributed by atoms with van der Waals surface area (Å²) in [5, 5.41) is 21.2. The number of hydrogen-bond donors (Lipinski definition) is 3. The second-order valence-corrected chi connectivity index (χ2v) is 7.58. The Kier molecular flexibility index (Phi) is 7.66. The molecule has 0 aliphatic carbocycles. The third-order valence-electron chi connectivity index (χ3n) is 4.49. The van der Waals surface area contributed by atoms with E-state index in [1.807, 2.05) is 0 Å². The molecule has 11 heteroatoms. The number of ether oxygens (including phenoxy) is 1. The number of carbonyl (C=O) groups is 1. The number of quaternary nitrogens is 1. The van der Waals surface area contributed by atoms with Gasteiger partial charge in [0.2, 0.25) is 0 Å². The fraction of sp³-hybridized carbons (Fsp3) is 0.286. The van der Waals surface area contributed by atoms with Gasteiger partial charge in [0, 0.05) is 11.4 Å². The van der Waals surface area contributed by atoms with Crippen molar-refractivity contribution < 1.29 is 33.5 Å². The molecule has 0 heterocycles. The number of carboxylic acid groups (broad SMARTS) is 1. The van der Waals surface area contributed by atoms with E-state index >= 15 is 0 Å². The van der Waals surface area contributed by atoms with Crippen LogP contribution < -0.4 is 20.7 Å². The minimum Gasteiger partial charge on any atom is -0.488 e. The van der Waals surface area contributed by atoms with Crippen LogP contribution in [-0.4, -0.2) is 34.9 Å². The van der Waals surface area contributed by atoms with Gasteiger partial charge in [-0.3, -0.25) is 0 Å². The summed E-state index contributed by atoms with van der Waals surface area (Å²) in [5.41, 5.74) is 0.836. The smallest absolute Gasteiger partial charge is 0.417 e. The van der Waals surface area contributed by atoms with Gasteiger partial charge in [-0.1, -0.05) is 0 Å². The summed E-state index contributed by atoms with van der Waals surface area (Å²) in [5.74, 6) is -0.652. The number of halogens is 3. The lowest BCUT2D eigenvalue weighted by Crippen LogP contribution is -2.54. The lowest BCUT2D eigenvalue weighted by atomic mass is 10.0. The van der Waals surface area contributed by atoms with E-state index in [-0.39, 0.29) is 10.8 Å². The maximum Gasteiger partial charge on any atom is 0.417 e. The van der Waals surface area contributed by atoms with Crippen molar-refractivity contribution in [1.29, 1.82) is 5.26 Å². The van der Waals surface area contributed by atoms with E-state index < -0.39 is 28.8 Å². The van der Waals surface area contributed by atoms with Crippen LogP contribution in [0.15, 0.2) is 42.5 Å². The number of anilines is 2. The molecule has 2 aromatic carbocycles. The average molecular weight is 467 g/mol. The molecule has 0 fully saturated rings. The van der Waals surface area contributed by atoms with E-state index in [4.69, 9.17) is 22.2 Å². The number of carboxylic acids is 1. The normalized spacial score (nSPS) is 11.4. The number of alkyl halides is 3. The number of nitriles is 1. The molecule has 0 amide bonds. The number of nitrogens with one attached hydrogen (secondary N) is 1. The number of nitrogens with zero attached hydrogens (tertiary/aromatic N) is 2. The zero-order valence-electron chi connectivity index (χ0n) is 17.4. The summed E-state index contributed by atoms with van der Waals surface area (Å²) in [6.07, 6.45) is -4.74. The molecule has 0 aliphatic heterocycles. The molecule has 0 spiro atoms. The van der Waals surface area contributed by atoms with Crippen LogP contribution >= 0.6 is 12.2 Å². The van der Waals surface area contributed by atoms with Gasteiger partial charge in [-0.15, -0.1) is 0 Å². The molecule has 0 aromatic heterocycles. The van der Waals surface area contributed by atoms with Gasteiger partial charge in [-0.25, -0.2) is 4.79 Å². The minimum absolute atomic E-state index is 0.0390. The summed E-state index contributed by atoms with van der Waals surface area (Å²) in [6, 6.07) is 11.0. The van der Waals surface area contributed by atoms with Gasteiger partial charge in [-0.2, -0.15) is 18.4 Å². The lowest BCUT2D eigenvalue weighted by Gasteiger charge is -2.37. The van der Waals surface area contributed by atoms with E-state index in [1.165, 1.54) is 30.9 Å². The fourth-order valence-corrected chi connectivity index (χ4v) is 3.26. The molecule has 0 unspecified atom stereocenters. The highest BCUT2D eigenvalue weighted by Crippen LogP contribution is 2.34. The van der Waals surface area contributed by atoms with Crippen molar-refractivity contribution in [2.24, 2.45) is 0 Å². The van der Waals surface area contributed by atoms with E-state index in [9.17, 15) is 23.1 Å². The maximum absolute atomic E-state index is 13.3. The largest absolute Gasteiger partial charge is 0.488 e. The predicted octanol–water partition coefficient (Wildman–Crippen LogP) is 3.26. The van der Waals surface area contributed by atoms with Gasteiger partial charge >= 0.3 is 12.1 Å². The van der Waals surface area contributed by atoms with Gasteiger partial charge < -0.3 is 25.8 Å². The van der Waals surface area contributed by atoms with Crippen molar-refractivity contribution in [3.63, 3.8) is 0 Å². The van der Waals surface area contributed by atoms with E-state index in [2.05, 4.69) is 11.1 Å². The van der Waals surface area contributed by atoms with Crippen LogP contribution in [0, 0.1) is 11.3 Å². The molecule has 170 valence electrons. The molecule has 0 radical (unpaired) electrons. The Morgan fingerprint density at radius 2 is 1.88 bits per heavy atom. The molecule has 32 heavy (non-hydrogen) atoms.